The molecule has 0 aliphatic heterocycles. The van der Waals surface area contributed by atoms with Crippen LogP contribution in [-0.2, 0) is 4.79 Å². The van der Waals surface area contributed by atoms with Crippen molar-refractivity contribution in [2.24, 2.45) is 11.1 Å². The number of nitrogens with two attached hydrogens (primary N) is 1. The zero-order valence-corrected chi connectivity index (χ0v) is 10.5. The Morgan fingerprint density at radius 1 is 1.38 bits per heavy atom. The fourth-order valence-corrected chi connectivity index (χ4v) is 1.98. The lowest BCUT2D eigenvalue weighted by atomic mass is 9.71. The molecule has 1 fully saturated rings. The van der Waals surface area contributed by atoms with Crippen LogP contribution < -0.4 is 11.1 Å². The smallest absolute Gasteiger partial charge is 0.236 e. The summed E-state index contributed by atoms with van der Waals surface area (Å²) < 4.78 is 0. The minimum absolute atomic E-state index is 0.196. The van der Waals surface area contributed by atoms with Crippen molar-refractivity contribution in [1.29, 1.82) is 0 Å². The molecule has 94 valence electrons. The summed E-state index contributed by atoms with van der Waals surface area (Å²) >= 11 is 0. The number of amides is 1. The van der Waals surface area contributed by atoms with E-state index >= 15 is 0 Å². The van der Waals surface area contributed by atoms with Crippen molar-refractivity contribution in [2.75, 3.05) is 6.54 Å². The van der Waals surface area contributed by atoms with Crippen molar-refractivity contribution in [1.82, 2.24) is 5.32 Å². The second kappa shape index (κ2) is 4.72. The minimum Gasteiger partial charge on any atom is -0.388 e. The number of nitrogens with one attached hydrogen (secondary N) is 1. The highest BCUT2D eigenvalue weighted by Crippen LogP contribution is 2.39. The summed E-state index contributed by atoms with van der Waals surface area (Å²) in [5.74, 6) is -0.196. The lowest BCUT2D eigenvalue weighted by Crippen LogP contribution is -2.49. The van der Waals surface area contributed by atoms with Crippen molar-refractivity contribution in [3.05, 3.63) is 0 Å². The van der Waals surface area contributed by atoms with E-state index in [1.165, 1.54) is 0 Å². The summed E-state index contributed by atoms with van der Waals surface area (Å²) in [6, 6.07) is -0.511. The van der Waals surface area contributed by atoms with Crippen LogP contribution in [0.2, 0.25) is 0 Å². The molecule has 4 N–H and O–H groups in total. The standard InChI is InChI=1S/C12H24N2O2/c1-9(13)10(15)14-8-12(16)6-4-11(2,3)5-7-12/h9,16H,4-8,13H2,1-3H3,(H,14,15). The minimum atomic E-state index is -0.736. The maximum atomic E-state index is 11.3. The second-order valence-corrected chi connectivity index (χ2v) is 5.90. The van der Waals surface area contributed by atoms with Crippen molar-refractivity contribution < 1.29 is 9.90 Å². The van der Waals surface area contributed by atoms with Gasteiger partial charge in [0.25, 0.3) is 0 Å². The summed E-state index contributed by atoms with van der Waals surface area (Å²) in [6.45, 7) is 6.40. The highest BCUT2D eigenvalue weighted by molar-refractivity contribution is 5.81. The summed E-state index contributed by atoms with van der Waals surface area (Å²) in [7, 11) is 0. The third kappa shape index (κ3) is 3.76. The van der Waals surface area contributed by atoms with E-state index in [-0.39, 0.29) is 5.91 Å². The average molecular weight is 228 g/mol. The molecule has 0 aromatic heterocycles. The Balaban J connectivity index is 2.40. The van der Waals surface area contributed by atoms with Gasteiger partial charge in [-0.05, 0) is 38.0 Å². The first-order valence-electron chi connectivity index (χ1n) is 6.00. The molecule has 0 aromatic carbocycles. The van der Waals surface area contributed by atoms with Crippen molar-refractivity contribution in [3.8, 4) is 0 Å². The monoisotopic (exact) mass is 228 g/mol. The first-order chi connectivity index (χ1) is 7.24. The van der Waals surface area contributed by atoms with E-state index in [9.17, 15) is 9.90 Å². The van der Waals surface area contributed by atoms with E-state index in [1.807, 2.05) is 0 Å². The van der Waals surface area contributed by atoms with Crippen LogP contribution in [0.1, 0.15) is 46.5 Å². The fraction of sp³-hybridized carbons (Fsp3) is 0.917. The van der Waals surface area contributed by atoms with Gasteiger partial charge >= 0.3 is 0 Å². The summed E-state index contributed by atoms with van der Waals surface area (Å²) in [4.78, 5) is 11.3. The molecule has 1 rings (SSSR count). The van der Waals surface area contributed by atoms with Crippen molar-refractivity contribution >= 4 is 5.91 Å². The molecule has 0 bridgehead atoms. The predicted molar refractivity (Wildman–Crippen MR) is 63.9 cm³/mol. The molecule has 0 aromatic rings. The molecule has 1 aliphatic rings. The quantitative estimate of drug-likeness (QED) is 0.668. The van der Waals surface area contributed by atoms with Gasteiger partial charge in [-0.25, -0.2) is 0 Å². The lowest BCUT2D eigenvalue weighted by molar-refractivity contribution is -0.123. The Labute approximate surface area is 97.6 Å². The number of hydrogen-bond donors (Lipinski definition) is 3. The van der Waals surface area contributed by atoms with Crippen LogP contribution >= 0.6 is 0 Å². The molecule has 0 heterocycles. The molecule has 1 atom stereocenters. The van der Waals surface area contributed by atoms with E-state index in [0.717, 1.165) is 25.7 Å². The van der Waals surface area contributed by atoms with Crippen LogP contribution in [0.15, 0.2) is 0 Å². The van der Waals surface area contributed by atoms with Gasteiger partial charge in [0.05, 0.1) is 11.6 Å². The van der Waals surface area contributed by atoms with Gasteiger partial charge in [0, 0.05) is 6.54 Å². The van der Waals surface area contributed by atoms with Crippen LogP contribution in [0.4, 0.5) is 0 Å². The maximum absolute atomic E-state index is 11.3. The van der Waals surface area contributed by atoms with Crippen LogP contribution in [0.25, 0.3) is 0 Å². The summed E-state index contributed by atoms with van der Waals surface area (Å²) in [5, 5.41) is 13.0. The molecule has 1 aliphatic carbocycles. The highest BCUT2D eigenvalue weighted by atomic mass is 16.3. The first-order valence-corrected chi connectivity index (χ1v) is 6.00. The summed E-state index contributed by atoms with van der Waals surface area (Å²) in [6.07, 6.45) is 3.49. The Hall–Kier alpha value is -0.610. The number of rotatable bonds is 3. The SMILES string of the molecule is CC(N)C(=O)NCC1(O)CCC(C)(C)CC1. The van der Waals surface area contributed by atoms with E-state index < -0.39 is 11.6 Å². The van der Waals surface area contributed by atoms with Crippen LogP contribution in [-0.4, -0.2) is 29.2 Å². The molecular formula is C12H24N2O2. The van der Waals surface area contributed by atoms with Gasteiger partial charge in [-0.1, -0.05) is 13.8 Å². The van der Waals surface area contributed by atoms with Crippen LogP contribution in [0, 0.1) is 5.41 Å². The number of carbonyl (C=O) groups is 1. The molecule has 1 amide bonds. The molecule has 16 heavy (non-hydrogen) atoms. The van der Waals surface area contributed by atoms with Crippen molar-refractivity contribution in [2.45, 2.75) is 58.1 Å². The van der Waals surface area contributed by atoms with Gasteiger partial charge in [0.15, 0.2) is 0 Å². The Morgan fingerprint density at radius 2 is 1.88 bits per heavy atom. The van der Waals surface area contributed by atoms with Crippen LogP contribution in [0.5, 0.6) is 0 Å². The topological polar surface area (TPSA) is 75.4 Å². The molecule has 4 heteroatoms. The summed E-state index contributed by atoms with van der Waals surface area (Å²) in [5.41, 5.74) is 5.02. The zero-order valence-electron chi connectivity index (χ0n) is 10.5. The van der Waals surface area contributed by atoms with Gasteiger partial charge in [0.2, 0.25) is 5.91 Å². The van der Waals surface area contributed by atoms with Crippen molar-refractivity contribution in [3.63, 3.8) is 0 Å². The van der Waals surface area contributed by atoms with Gasteiger partial charge < -0.3 is 16.2 Å². The molecule has 1 saturated carbocycles. The predicted octanol–water partition coefficient (Wildman–Crippen LogP) is 0.781. The number of carbonyl (C=O) groups excluding carboxylic acids is 1. The molecular weight excluding hydrogens is 204 g/mol. The van der Waals surface area contributed by atoms with E-state index in [0.29, 0.717) is 12.0 Å². The second-order valence-electron chi connectivity index (χ2n) is 5.90. The van der Waals surface area contributed by atoms with E-state index in [1.54, 1.807) is 6.92 Å². The van der Waals surface area contributed by atoms with Gasteiger partial charge in [-0.15, -0.1) is 0 Å². The largest absolute Gasteiger partial charge is 0.388 e. The third-order valence-corrected chi connectivity index (χ3v) is 3.54. The Bertz CT molecular complexity index is 252. The maximum Gasteiger partial charge on any atom is 0.236 e. The average Bonchev–Trinajstić information content (AvgIpc) is 2.20. The van der Waals surface area contributed by atoms with Gasteiger partial charge in [0.1, 0.15) is 0 Å². The van der Waals surface area contributed by atoms with Crippen LogP contribution in [0.3, 0.4) is 0 Å². The molecule has 0 spiro atoms. The Kier molecular flexibility index (Phi) is 3.97. The fourth-order valence-electron chi connectivity index (χ4n) is 1.98. The lowest BCUT2D eigenvalue weighted by Gasteiger charge is -2.40. The molecule has 1 unspecified atom stereocenters. The molecule has 4 nitrogen and oxygen atoms in total. The Morgan fingerprint density at radius 3 is 2.31 bits per heavy atom. The van der Waals surface area contributed by atoms with Gasteiger partial charge in [-0.3, -0.25) is 4.79 Å². The highest BCUT2D eigenvalue weighted by Gasteiger charge is 2.36. The third-order valence-electron chi connectivity index (χ3n) is 3.54. The number of aliphatic hydroxyl groups is 1. The normalized spacial score (nSPS) is 24.8. The van der Waals surface area contributed by atoms with E-state index in [4.69, 9.17) is 5.73 Å². The molecule has 0 saturated heterocycles. The molecule has 0 radical (unpaired) electrons. The van der Waals surface area contributed by atoms with E-state index in [2.05, 4.69) is 19.2 Å². The zero-order chi connectivity index (χ0) is 12.4. The number of hydrogen-bond acceptors (Lipinski definition) is 3. The van der Waals surface area contributed by atoms with Gasteiger partial charge in [-0.2, -0.15) is 0 Å². The first kappa shape index (κ1) is 13.5.